The number of carbonyl (C=O) groups excluding carboxylic acids is 1. The summed E-state index contributed by atoms with van der Waals surface area (Å²) in [4.78, 5) is 44.6. The zero-order chi connectivity index (χ0) is 29.0. The molecule has 0 aliphatic carbocycles. The quantitative estimate of drug-likeness (QED) is 0.364. The van der Waals surface area contributed by atoms with Crippen LogP contribution in [0.15, 0.2) is 53.5 Å². The van der Waals surface area contributed by atoms with Crippen LogP contribution in [-0.4, -0.2) is 61.9 Å². The molecular weight excluding hydrogens is 532 g/mol. The average molecular weight is 567 g/mol. The minimum Gasteiger partial charge on any atom is -0.480 e. The van der Waals surface area contributed by atoms with Gasteiger partial charge in [0.25, 0.3) is 11.5 Å². The zero-order valence-corrected chi connectivity index (χ0v) is 24.1. The number of likely N-dealkylation sites (N-methyl/N-ethyl adjacent to an activating group) is 1. The van der Waals surface area contributed by atoms with E-state index in [1.807, 2.05) is 6.08 Å². The Morgan fingerprint density at radius 1 is 1.02 bits per heavy atom. The first-order valence-electron chi connectivity index (χ1n) is 14.5. The molecule has 0 fully saturated rings. The number of rotatable bonds is 2. The fourth-order valence-electron chi connectivity index (χ4n) is 6.10. The number of amides is 1. The van der Waals surface area contributed by atoms with Gasteiger partial charge in [0.15, 0.2) is 29.6 Å². The number of nitrogens with zero attached hydrogens (tertiary/aromatic N) is 7. The van der Waals surface area contributed by atoms with E-state index in [4.69, 9.17) is 14.7 Å². The summed E-state index contributed by atoms with van der Waals surface area (Å²) in [6.07, 6.45) is 9.23. The number of hydrogen-bond acceptors (Lipinski definition) is 8. The number of allylic oxidation sites excluding steroid dienone is 2. The maximum absolute atomic E-state index is 13.6. The SMILES string of the molecule is CN1CCc2cc(Nc3ncc4c(=O)n5n(c4n3)-c3ccc4c(n3)N(CCCC/C=C/C5)C(=O)CO4)ccc2C1(C)C. The summed E-state index contributed by atoms with van der Waals surface area (Å²) < 4.78 is 9.01. The normalized spacial score (nSPS) is 19.1. The molecule has 42 heavy (non-hydrogen) atoms. The van der Waals surface area contributed by atoms with Crippen molar-refractivity contribution in [3.63, 3.8) is 0 Å². The van der Waals surface area contributed by atoms with E-state index in [0.29, 0.717) is 47.5 Å². The fraction of sp³-hybridized carbons (Fsp3) is 0.387. The summed E-state index contributed by atoms with van der Waals surface area (Å²) in [5.74, 6) is 1.75. The number of ether oxygens (including phenoxy) is 1. The largest absolute Gasteiger partial charge is 0.480 e. The monoisotopic (exact) mass is 566 g/mol. The van der Waals surface area contributed by atoms with Crippen molar-refractivity contribution in [2.75, 3.05) is 37.0 Å². The van der Waals surface area contributed by atoms with Gasteiger partial charge >= 0.3 is 0 Å². The third-order valence-corrected chi connectivity index (χ3v) is 8.76. The maximum Gasteiger partial charge on any atom is 0.278 e. The first-order valence-corrected chi connectivity index (χ1v) is 14.5. The van der Waals surface area contributed by atoms with Crippen molar-refractivity contribution >= 4 is 34.4 Å². The molecule has 0 atom stereocenters. The molecule has 0 unspecified atom stereocenters. The summed E-state index contributed by atoms with van der Waals surface area (Å²) in [6, 6.07) is 9.99. The van der Waals surface area contributed by atoms with Gasteiger partial charge in [-0.2, -0.15) is 4.98 Å². The Morgan fingerprint density at radius 3 is 2.79 bits per heavy atom. The standard InChI is InChI=1S/C31H34N8O3/c1-31(2)23-10-9-21(17-20(23)13-16-36(31)3)33-30-32-18-22-27(35-30)39-25-12-11-24-28(34-25)37(26(40)19-42-24)14-7-5-4-6-8-15-38(39)29(22)41/h6,8-12,17-18H,4-5,7,13-16,19H2,1-3H3,(H,32,33,35)/b8-6+. The highest BCUT2D eigenvalue weighted by molar-refractivity contribution is 5.96. The van der Waals surface area contributed by atoms with Gasteiger partial charge in [0, 0.05) is 30.5 Å². The second-order valence-electron chi connectivity index (χ2n) is 11.6. The Morgan fingerprint density at radius 2 is 1.90 bits per heavy atom. The molecule has 7 rings (SSSR count). The van der Waals surface area contributed by atoms with Crippen LogP contribution < -0.4 is 20.5 Å². The van der Waals surface area contributed by atoms with Crippen LogP contribution in [0.2, 0.25) is 0 Å². The van der Waals surface area contributed by atoms with Crippen LogP contribution in [0.1, 0.15) is 44.2 Å². The number of aromatic nitrogens is 5. The van der Waals surface area contributed by atoms with E-state index < -0.39 is 0 Å². The lowest BCUT2D eigenvalue weighted by molar-refractivity contribution is -0.121. The second-order valence-corrected chi connectivity index (χ2v) is 11.6. The summed E-state index contributed by atoms with van der Waals surface area (Å²) in [6.45, 7) is 6.38. The molecule has 4 aromatic rings. The minimum absolute atomic E-state index is 0.00969. The van der Waals surface area contributed by atoms with Crippen molar-refractivity contribution < 1.29 is 9.53 Å². The molecule has 3 aliphatic heterocycles. The van der Waals surface area contributed by atoms with E-state index in [0.717, 1.165) is 37.9 Å². The maximum atomic E-state index is 13.6. The number of pyridine rings is 1. The highest BCUT2D eigenvalue weighted by atomic mass is 16.5. The van der Waals surface area contributed by atoms with Gasteiger partial charge in [-0.25, -0.2) is 19.3 Å². The molecule has 11 nitrogen and oxygen atoms in total. The van der Waals surface area contributed by atoms with Crippen LogP contribution in [0.3, 0.4) is 0 Å². The number of carbonyl (C=O) groups is 1. The van der Waals surface area contributed by atoms with Gasteiger partial charge in [-0.3, -0.25) is 19.4 Å². The van der Waals surface area contributed by atoms with Crippen LogP contribution in [0.5, 0.6) is 5.75 Å². The molecule has 1 N–H and O–H groups in total. The first-order chi connectivity index (χ1) is 20.3. The highest BCUT2D eigenvalue weighted by Gasteiger charge is 2.32. The Labute approximate surface area is 243 Å². The van der Waals surface area contributed by atoms with Crippen LogP contribution in [0, 0.1) is 0 Å². The predicted molar refractivity (Wildman–Crippen MR) is 161 cm³/mol. The zero-order valence-electron chi connectivity index (χ0n) is 24.1. The van der Waals surface area contributed by atoms with E-state index in [1.165, 1.54) is 11.1 Å². The molecule has 3 aromatic heterocycles. The van der Waals surface area contributed by atoms with Crippen LogP contribution >= 0.6 is 0 Å². The molecule has 216 valence electrons. The highest BCUT2D eigenvalue weighted by Crippen LogP contribution is 2.36. The van der Waals surface area contributed by atoms with Gasteiger partial charge < -0.3 is 10.1 Å². The van der Waals surface area contributed by atoms with Gasteiger partial charge in [0.2, 0.25) is 5.95 Å². The molecule has 0 spiro atoms. The molecule has 11 heteroatoms. The van der Waals surface area contributed by atoms with Crippen LogP contribution in [0.4, 0.5) is 17.5 Å². The topological polar surface area (TPSA) is 110 Å². The lowest BCUT2D eigenvalue weighted by Gasteiger charge is -2.41. The molecule has 1 aromatic carbocycles. The van der Waals surface area contributed by atoms with Crippen molar-refractivity contribution in [3.8, 4) is 11.6 Å². The summed E-state index contributed by atoms with van der Waals surface area (Å²) in [5, 5.41) is 3.75. The number of benzene rings is 1. The van der Waals surface area contributed by atoms with E-state index >= 15 is 0 Å². The third kappa shape index (κ3) is 4.35. The fourth-order valence-corrected chi connectivity index (χ4v) is 6.10. The predicted octanol–water partition coefficient (Wildman–Crippen LogP) is 3.91. The Bertz CT molecular complexity index is 1800. The van der Waals surface area contributed by atoms with Crippen molar-refractivity contribution in [1.82, 2.24) is 29.2 Å². The van der Waals surface area contributed by atoms with E-state index in [2.05, 4.69) is 60.4 Å². The number of fused-ring (bicyclic) bond motifs is 6. The summed E-state index contributed by atoms with van der Waals surface area (Å²) >= 11 is 0. The molecule has 6 heterocycles. The molecule has 1 amide bonds. The van der Waals surface area contributed by atoms with E-state index in [-0.39, 0.29) is 23.6 Å². The minimum atomic E-state index is -0.208. The van der Waals surface area contributed by atoms with Gasteiger partial charge in [-0.05, 0) is 82.0 Å². The van der Waals surface area contributed by atoms with Crippen LogP contribution in [0.25, 0.3) is 16.9 Å². The lowest BCUT2D eigenvalue weighted by Crippen LogP contribution is -2.43. The van der Waals surface area contributed by atoms with Crippen molar-refractivity contribution in [1.29, 1.82) is 0 Å². The molecular formula is C31H34N8O3. The smallest absolute Gasteiger partial charge is 0.278 e. The summed E-state index contributed by atoms with van der Waals surface area (Å²) in [5.41, 5.74) is 3.69. The Balaban J connectivity index is 1.33. The van der Waals surface area contributed by atoms with Crippen molar-refractivity contribution in [2.24, 2.45) is 0 Å². The molecule has 2 bridgehead atoms. The number of anilines is 3. The van der Waals surface area contributed by atoms with E-state index in [9.17, 15) is 9.59 Å². The van der Waals surface area contributed by atoms with Gasteiger partial charge in [0.1, 0.15) is 5.39 Å². The summed E-state index contributed by atoms with van der Waals surface area (Å²) in [7, 11) is 2.16. The molecule has 0 saturated carbocycles. The lowest BCUT2D eigenvalue weighted by atomic mass is 9.83. The van der Waals surface area contributed by atoms with Gasteiger partial charge in [0.05, 0.1) is 6.54 Å². The average Bonchev–Trinajstić information content (AvgIpc) is 3.25. The van der Waals surface area contributed by atoms with Gasteiger partial charge in [-0.1, -0.05) is 18.2 Å². The molecule has 3 aliphatic rings. The Kier molecular flexibility index (Phi) is 6.34. The van der Waals surface area contributed by atoms with Crippen LogP contribution in [-0.2, 0) is 23.3 Å². The van der Waals surface area contributed by atoms with E-state index in [1.54, 1.807) is 32.6 Å². The number of hydrogen-bond donors (Lipinski definition) is 1. The Hall–Kier alpha value is -4.51. The number of nitrogens with one attached hydrogen (secondary N) is 1. The van der Waals surface area contributed by atoms with Crippen molar-refractivity contribution in [2.45, 2.75) is 51.6 Å². The van der Waals surface area contributed by atoms with Gasteiger partial charge in [-0.15, -0.1) is 0 Å². The molecule has 0 saturated heterocycles. The third-order valence-electron chi connectivity index (χ3n) is 8.76. The molecule has 0 radical (unpaired) electrons. The first kappa shape index (κ1) is 26.4. The second kappa shape index (κ2) is 10.1. The van der Waals surface area contributed by atoms with Crippen molar-refractivity contribution in [3.05, 3.63) is 70.2 Å².